The van der Waals surface area contributed by atoms with E-state index in [4.69, 9.17) is 10.5 Å². The number of nitrogens with one attached hydrogen (secondary N) is 2. The van der Waals surface area contributed by atoms with Gasteiger partial charge >= 0.3 is 5.97 Å². The number of ether oxygens (including phenoxy) is 1. The lowest BCUT2D eigenvalue weighted by atomic mass is 9.85. The molecule has 10 nitrogen and oxygen atoms in total. The van der Waals surface area contributed by atoms with Crippen molar-refractivity contribution in [1.82, 2.24) is 10.6 Å². The van der Waals surface area contributed by atoms with E-state index in [2.05, 4.69) is 10.6 Å². The molecule has 3 aromatic carbocycles. The summed E-state index contributed by atoms with van der Waals surface area (Å²) >= 11 is 0. The Morgan fingerprint density at radius 3 is 2.33 bits per heavy atom. The van der Waals surface area contributed by atoms with Gasteiger partial charge in [0, 0.05) is 18.4 Å². The van der Waals surface area contributed by atoms with E-state index in [0.717, 1.165) is 36.8 Å². The second kappa shape index (κ2) is 13.8. The van der Waals surface area contributed by atoms with Gasteiger partial charge in [0.25, 0.3) is 11.8 Å². The van der Waals surface area contributed by atoms with Crippen molar-refractivity contribution >= 4 is 41.7 Å². The summed E-state index contributed by atoms with van der Waals surface area (Å²) in [5, 5.41) is 5.76. The topological polar surface area (TPSA) is 158 Å². The highest BCUT2D eigenvalue weighted by Crippen LogP contribution is 2.45. The Bertz CT molecular complexity index is 1640. The Morgan fingerprint density at radius 2 is 1.65 bits per heavy atom. The number of unbranched alkanes of at least 4 members (excludes halogenated alkanes) is 2. The molecule has 0 aliphatic carbocycles. The summed E-state index contributed by atoms with van der Waals surface area (Å²) in [6, 6.07) is 20.6. The highest BCUT2D eigenvalue weighted by molar-refractivity contribution is 6.14. The molecule has 0 radical (unpaired) electrons. The lowest BCUT2D eigenvalue weighted by Crippen LogP contribution is -2.40. The Kier molecular flexibility index (Phi) is 9.79. The number of aldehydes is 2. The van der Waals surface area contributed by atoms with Crippen LogP contribution in [0.2, 0.25) is 0 Å². The molecule has 4 N–H and O–H groups in total. The molecule has 10 heteroatoms. The van der Waals surface area contributed by atoms with Crippen LogP contribution in [-0.4, -0.2) is 60.6 Å². The zero-order valence-corrected chi connectivity index (χ0v) is 26.2. The highest BCUT2D eigenvalue weighted by atomic mass is 16.5. The largest absolute Gasteiger partial charge is 0.462 e. The summed E-state index contributed by atoms with van der Waals surface area (Å²) in [5.41, 5.74) is 7.48. The molecule has 2 aliphatic heterocycles. The standard InChI is InChI=1S/C36H40N4O6/c1-24(2)46-34(45)36(35(23-42,39-36)16-18-41)21-26-13-15-30(28(20-26)27-10-6-3-7-11-27)40-31-14-12-25(9-5-4-8-17-37)19-29(31)33(44)38-22-32(40)43/h3,6-7,10-15,18-20,23-24,39H,4-5,8-9,16-17,21-22,37H2,1-2H3,(H,38,44)/t35?,36-/m0/s1. The summed E-state index contributed by atoms with van der Waals surface area (Å²) < 4.78 is 5.54. The normalized spacial score (nSPS) is 20.5. The van der Waals surface area contributed by atoms with E-state index in [1.165, 1.54) is 0 Å². The minimum absolute atomic E-state index is 0.0728. The van der Waals surface area contributed by atoms with E-state index in [9.17, 15) is 24.0 Å². The molecular weight excluding hydrogens is 584 g/mol. The van der Waals surface area contributed by atoms with Crippen molar-refractivity contribution < 1.29 is 28.7 Å². The molecule has 1 saturated heterocycles. The van der Waals surface area contributed by atoms with Crippen LogP contribution in [0.5, 0.6) is 0 Å². The van der Waals surface area contributed by atoms with E-state index in [1.54, 1.807) is 30.9 Å². The molecule has 0 spiro atoms. The summed E-state index contributed by atoms with van der Waals surface area (Å²) in [6.07, 6.45) is 4.37. The van der Waals surface area contributed by atoms with Gasteiger partial charge in [0.1, 0.15) is 23.7 Å². The third-order valence-corrected chi connectivity index (χ3v) is 8.65. The third kappa shape index (κ3) is 6.36. The van der Waals surface area contributed by atoms with Crippen molar-refractivity contribution in [2.45, 2.75) is 69.6 Å². The van der Waals surface area contributed by atoms with Gasteiger partial charge in [0.15, 0.2) is 0 Å². The van der Waals surface area contributed by atoms with E-state index in [0.29, 0.717) is 47.2 Å². The molecule has 46 heavy (non-hydrogen) atoms. The van der Waals surface area contributed by atoms with Gasteiger partial charge in [0.05, 0.1) is 29.6 Å². The fourth-order valence-corrected chi connectivity index (χ4v) is 6.24. The first-order chi connectivity index (χ1) is 22.2. The van der Waals surface area contributed by atoms with Gasteiger partial charge in [-0.15, -0.1) is 0 Å². The van der Waals surface area contributed by atoms with Gasteiger partial charge in [-0.05, 0) is 80.6 Å². The summed E-state index contributed by atoms with van der Waals surface area (Å²) in [4.78, 5) is 65.6. The number of carbonyl (C=O) groups is 5. The van der Waals surface area contributed by atoms with E-state index >= 15 is 0 Å². The first-order valence-electron chi connectivity index (χ1n) is 15.7. The quantitative estimate of drug-likeness (QED) is 0.106. The van der Waals surface area contributed by atoms with Crippen molar-refractivity contribution in [2.24, 2.45) is 5.73 Å². The monoisotopic (exact) mass is 624 g/mol. The zero-order valence-electron chi connectivity index (χ0n) is 26.2. The molecule has 2 atom stereocenters. The summed E-state index contributed by atoms with van der Waals surface area (Å²) in [5.74, 6) is -1.24. The maximum atomic E-state index is 13.7. The van der Waals surface area contributed by atoms with Crippen molar-refractivity contribution in [3.63, 3.8) is 0 Å². The Hall–Kier alpha value is -4.67. The number of fused-ring (bicyclic) bond motifs is 1. The molecule has 1 unspecified atom stereocenters. The molecule has 2 amide bonds. The van der Waals surface area contributed by atoms with Gasteiger partial charge in [0.2, 0.25) is 0 Å². The van der Waals surface area contributed by atoms with Crippen molar-refractivity contribution in [3.05, 3.63) is 83.4 Å². The number of amides is 2. The second-order valence-electron chi connectivity index (χ2n) is 12.2. The summed E-state index contributed by atoms with van der Waals surface area (Å²) in [7, 11) is 0. The van der Waals surface area contributed by atoms with E-state index in [-0.39, 0.29) is 31.2 Å². The minimum Gasteiger partial charge on any atom is -0.462 e. The van der Waals surface area contributed by atoms with Gasteiger partial charge in [-0.1, -0.05) is 48.9 Å². The molecule has 2 heterocycles. The Labute approximate surface area is 268 Å². The van der Waals surface area contributed by atoms with Crippen molar-refractivity contribution in [2.75, 3.05) is 18.0 Å². The number of carbonyl (C=O) groups excluding carboxylic acids is 5. The predicted molar refractivity (Wildman–Crippen MR) is 175 cm³/mol. The fraction of sp³-hybridized carbons (Fsp3) is 0.361. The van der Waals surface area contributed by atoms with Crippen molar-refractivity contribution in [1.29, 1.82) is 0 Å². The first-order valence-corrected chi connectivity index (χ1v) is 15.7. The van der Waals surface area contributed by atoms with Crippen LogP contribution < -0.4 is 21.3 Å². The Morgan fingerprint density at radius 1 is 0.957 bits per heavy atom. The molecule has 3 aromatic rings. The van der Waals surface area contributed by atoms with Gasteiger partial charge in [-0.2, -0.15) is 0 Å². The van der Waals surface area contributed by atoms with Crippen LogP contribution in [0.15, 0.2) is 66.7 Å². The molecule has 0 bridgehead atoms. The molecule has 0 saturated carbocycles. The van der Waals surface area contributed by atoms with Crippen LogP contribution in [0.25, 0.3) is 11.1 Å². The van der Waals surface area contributed by atoms with E-state index < -0.39 is 23.2 Å². The number of nitrogens with zero attached hydrogens (tertiary/aromatic N) is 1. The highest BCUT2D eigenvalue weighted by Gasteiger charge is 2.72. The number of benzene rings is 3. The fourth-order valence-electron chi connectivity index (χ4n) is 6.24. The number of anilines is 2. The smallest absolute Gasteiger partial charge is 0.329 e. The number of hydrogen-bond acceptors (Lipinski definition) is 8. The SMILES string of the molecule is CC(C)OC(=O)[C@]1(Cc2ccc(N3C(=O)CNC(=O)c4cc(CCCCCN)ccc43)c(-c3ccccc3)c2)NC1(C=O)CC=O. The maximum Gasteiger partial charge on any atom is 0.329 e. The molecule has 1 fully saturated rings. The van der Waals surface area contributed by atoms with Crippen LogP contribution in [0.3, 0.4) is 0 Å². The van der Waals surface area contributed by atoms with Gasteiger partial charge in [-0.25, -0.2) is 4.79 Å². The average Bonchev–Trinajstić information content (AvgIpc) is 3.73. The number of aryl methyl sites for hydroxylation is 1. The first kappa shape index (κ1) is 32.7. The maximum absolute atomic E-state index is 13.7. The number of esters is 1. The van der Waals surface area contributed by atoms with Crippen LogP contribution >= 0.6 is 0 Å². The van der Waals surface area contributed by atoms with E-state index in [1.807, 2.05) is 54.6 Å². The van der Waals surface area contributed by atoms with Crippen molar-refractivity contribution in [3.8, 4) is 11.1 Å². The molecule has 240 valence electrons. The molecule has 5 rings (SSSR count). The number of hydrogen-bond donors (Lipinski definition) is 3. The van der Waals surface area contributed by atoms with Crippen LogP contribution in [0.4, 0.5) is 11.4 Å². The van der Waals surface area contributed by atoms with Crippen LogP contribution in [0, 0.1) is 0 Å². The number of rotatable bonds is 14. The zero-order chi connectivity index (χ0) is 32.9. The van der Waals surface area contributed by atoms with Crippen LogP contribution in [0.1, 0.15) is 61.0 Å². The molecular formula is C36H40N4O6. The minimum atomic E-state index is -1.42. The molecule has 0 aromatic heterocycles. The number of nitrogens with two attached hydrogens (primary N) is 1. The Balaban J connectivity index is 1.58. The van der Waals surface area contributed by atoms with Gasteiger partial charge in [-0.3, -0.25) is 19.8 Å². The lowest BCUT2D eigenvalue weighted by molar-refractivity contribution is -0.151. The third-order valence-electron chi connectivity index (χ3n) is 8.65. The summed E-state index contributed by atoms with van der Waals surface area (Å²) in [6.45, 7) is 3.90. The average molecular weight is 625 g/mol. The lowest BCUT2D eigenvalue weighted by Gasteiger charge is -2.26. The van der Waals surface area contributed by atoms with Crippen LogP contribution in [-0.2, 0) is 36.8 Å². The second-order valence-corrected chi connectivity index (χ2v) is 12.2. The predicted octanol–water partition coefficient (Wildman–Crippen LogP) is 3.80. The van der Waals surface area contributed by atoms with Gasteiger partial charge < -0.3 is 25.4 Å². The molecule has 2 aliphatic rings.